The molecule has 24 heavy (non-hydrogen) atoms. The van der Waals surface area contributed by atoms with E-state index in [0.29, 0.717) is 25.9 Å². The minimum Gasteiger partial charge on any atom is -0.508 e. The number of rotatable bonds is 9. The van der Waals surface area contributed by atoms with Gasteiger partial charge >= 0.3 is 0 Å². The van der Waals surface area contributed by atoms with Crippen molar-refractivity contribution in [2.24, 2.45) is 0 Å². The maximum Gasteiger partial charge on any atom is 0.220 e. The van der Waals surface area contributed by atoms with Crippen molar-refractivity contribution in [3.8, 4) is 5.75 Å². The Bertz CT molecular complexity index is 644. The molecule has 0 unspecified atom stereocenters. The highest BCUT2D eigenvalue weighted by molar-refractivity contribution is 5.76. The molecule has 0 atom stereocenters. The van der Waals surface area contributed by atoms with Crippen molar-refractivity contribution in [3.05, 3.63) is 65.5 Å². The summed E-state index contributed by atoms with van der Waals surface area (Å²) in [4.78, 5) is 11.8. The highest BCUT2D eigenvalue weighted by Crippen LogP contribution is 2.12. The first-order chi connectivity index (χ1) is 11.6. The number of carbonyl (C=O) groups is 1. The van der Waals surface area contributed by atoms with Crippen molar-refractivity contribution in [1.29, 1.82) is 0 Å². The predicted molar refractivity (Wildman–Crippen MR) is 92.2 cm³/mol. The Kier molecular flexibility index (Phi) is 7.23. The summed E-state index contributed by atoms with van der Waals surface area (Å²) in [5, 5.41) is 15.5. The van der Waals surface area contributed by atoms with Crippen molar-refractivity contribution >= 4 is 5.91 Å². The largest absolute Gasteiger partial charge is 0.508 e. The number of hydrogen-bond donors (Lipinski definition) is 3. The summed E-state index contributed by atoms with van der Waals surface area (Å²) in [6.07, 6.45) is 1.86. The quantitative estimate of drug-likeness (QED) is 0.620. The number of aryl methyl sites for hydroxylation is 1. The van der Waals surface area contributed by atoms with Gasteiger partial charge in [-0.3, -0.25) is 4.79 Å². The van der Waals surface area contributed by atoms with E-state index in [4.69, 9.17) is 0 Å². The van der Waals surface area contributed by atoms with Gasteiger partial charge in [-0.15, -0.1) is 0 Å². The van der Waals surface area contributed by atoms with E-state index in [1.165, 1.54) is 12.1 Å². The van der Waals surface area contributed by atoms with Crippen molar-refractivity contribution in [2.75, 3.05) is 13.1 Å². The monoisotopic (exact) mass is 330 g/mol. The summed E-state index contributed by atoms with van der Waals surface area (Å²) >= 11 is 0. The third-order valence-corrected chi connectivity index (χ3v) is 3.65. The SMILES string of the molecule is O=C(CCc1cccc(O)c1)NCCCNCc1ccc(F)cc1. The number of phenols is 1. The smallest absolute Gasteiger partial charge is 0.220 e. The molecule has 0 radical (unpaired) electrons. The molecular formula is C19H23FN2O2. The number of phenolic OH excluding ortho intramolecular Hbond substituents is 1. The van der Waals surface area contributed by atoms with E-state index in [9.17, 15) is 14.3 Å². The Labute approximate surface area is 141 Å². The third kappa shape index (κ3) is 6.79. The molecule has 0 bridgehead atoms. The summed E-state index contributed by atoms with van der Waals surface area (Å²) in [6, 6.07) is 13.4. The zero-order chi connectivity index (χ0) is 17.2. The zero-order valence-corrected chi connectivity index (χ0v) is 13.6. The second-order valence-electron chi connectivity index (χ2n) is 5.68. The molecule has 0 saturated heterocycles. The third-order valence-electron chi connectivity index (χ3n) is 3.65. The number of nitrogens with one attached hydrogen (secondary N) is 2. The molecule has 0 saturated carbocycles. The van der Waals surface area contributed by atoms with Crippen molar-refractivity contribution < 1.29 is 14.3 Å². The van der Waals surface area contributed by atoms with E-state index in [0.717, 1.165) is 24.1 Å². The topological polar surface area (TPSA) is 61.4 Å². The van der Waals surface area contributed by atoms with E-state index >= 15 is 0 Å². The lowest BCUT2D eigenvalue weighted by atomic mass is 10.1. The Morgan fingerprint density at radius 1 is 1.04 bits per heavy atom. The van der Waals surface area contributed by atoms with Crippen molar-refractivity contribution in [1.82, 2.24) is 10.6 Å². The molecule has 0 spiro atoms. The molecule has 4 nitrogen and oxygen atoms in total. The van der Waals surface area contributed by atoms with Crippen LogP contribution in [0.5, 0.6) is 5.75 Å². The first-order valence-electron chi connectivity index (χ1n) is 8.13. The second kappa shape index (κ2) is 9.67. The molecule has 0 aliphatic heterocycles. The summed E-state index contributed by atoms with van der Waals surface area (Å²) < 4.78 is 12.8. The van der Waals surface area contributed by atoms with E-state index in [1.54, 1.807) is 30.3 Å². The summed E-state index contributed by atoms with van der Waals surface area (Å²) in [5.74, 6) is 0.00388. The Balaban J connectivity index is 1.52. The van der Waals surface area contributed by atoms with Crippen LogP contribution in [0.2, 0.25) is 0 Å². The first kappa shape index (κ1) is 17.9. The van der Waals surface area contributed by atoms with Gasteiger partial charge in [0.2, 0.25) is 5.91 Å². The second-order valence-corrected chi connectivity index (χ2v) is 5.68. The van der Waals surface area contributed by atoms with E-state index in [1.807, 2.05) is 6.07 Å². The van der Waals surface area contributed by atoms with Crippen LogP contribution in [0.4, 0.5) is 4.39 Å². The summed E-state index contributed by atoms with van der Waals surface area (Å²) in [6.45, 7) is 2.09. The lowest BCUT2D eigenvalue weighted by molar-refractivity contribution is -0.121. The van der Waals surface area contributed by atoms with Gasteiger partial charge in [0, 0.05) is 19.5 Å². The summed E-state index contributed by atoms with van der Waals surface area (Å²) in [7, 11) is 0. The zero-order valence-electron chi connectivity index (χ0n) is 13.6. The number of aromatic hydroxyl groups is 1. The van der Waals surface area contributed by atoms with Crippen LogP contribution in [-0.4, -0.2) is 24.1 Å². The van der Waals surface area contributed by atoms with Crippen LogP contribution in [0.3, 0.4) is 0 Å². The maximum atomic E-state index is 12.8. The van der Waals surface area contributed by atoms with Gasteiger partial charge in [-0.1, -0.05) is 24.3 Å². The van der Waals surface area contributed by atoms with Crippen LogP contribution in [0.15, 0.2) is 48.5 Å². The van der Waals surface area contributed by atoms with Crippen LogP contribution in [0, 0.1) is 5.82 Å². The predicted octanol–water partition coefficient (Wildman–Crippen LogP) is 2.76. The van der Waals surface area contributed by atoms with Crippen molar-refractivity contribution in [2.45, 2.75) is 25.8 Å². The Morgan fingerprint density at radius 3 is 2.58 bits per heavy atom. The average molecular weight is 330 g/mol. The molecule has 2 aromatic carbocycles. The molecule has 5 heteroatoms. The molecule has 0 aliphatic carbocycles. The van der Waals surface area contributed by atoms with Crippen LogP contribution in [0.25, 0.3) is 0 Å². The molecule has 1 amide bonds. The highest BCUT2D eigenvalue weighted by atomic mass is 19.1. The standard InChI is InChI=1S/C19H23FN2O2/c20-17-8-5-16(6-9-17)14-21-11-2-12-22-19(24)10-7-15-3-1-4-18(23)13-15/h1,3-6,8-9,13,21,23H,2,7,10-12,14H2,(H,22,24). The maximum absolute atomic E-state index is 12.8. The molecule has 2 aromatic rings. The average Bonchev–Trinajstić information content (AvgIpc) is 2.58. The molecule has 2 rings (SSSR count). The highest BCUT2D eigenvalue weighted by Gasteiger charge is 2.02. The number of carbonyl (C=O) groups excluding carboxylic acids is 1. The lowest BCUT2D eigenvalue weighted by Gasteiger charge is -2.07. The number of halogens is 1. The fourth-order valence-electron chi connectivity index (χ4n) is 2.33. The fraction of sp³-hybridized carbons (Fsp3) is 0.316. The Morgan fingerprint density at radius 2 is 1.83 bits per heavy atom. The van der Waals surface area contributed by atoms with Gasteiger partial charge in [-0.05, 0) is 54.8 Å². The number of benzene rings is 2. The lowest BCUT2D eigenvalue weighted by Crippen LogP contribution is -2.27. The van der Waals surface area contributed by atoms with Crippen LogP contribution in [0.1, 0.15) is 24.0 Å². The molecular weight excluding hydrogens is 307 g/mol. The fourth-order valence-corrected chi connectivity index (χ4v) is 2.33. The van der Waals surface area contributed by atoms with Gasteiger partial charge < -0.3 is 15.7 Å². The van der Waals surface area contributed by atoms with E-state index in [-0.39, 0.29) is 17.5 Å². The van der Waals surface area contributed by atoms with Gasteiger partial charge in [-0.2, -0.15) is 0 Å². The summed E-state index contributed by atoms with van der Waals surface area (Å²) in [5.41, 5.74) is 1.98. The van der Waals surface area contributed by atoms with Gasteiger partial charge in [0.1, 0.15) is 11.6 Å². The molecule has 0 aliphatic rings. The normalized spacial score (nSPS) is 10.5. The van der Waals surface area contributed by atoms with Gasteiger partial charge in [0.05, 0.1) is 0 Å². The van der Waals surface area contributed by atoms with Crippen LogP contribution < -0.4 is 10.6 Å². The first-order valence-corrected chi connectivity index (χ1v) is 8.13. The molecule has 0 aromatic heterocycles. The van der Waals surface area contributed by atoms with Gasteiger partial charge in [0.15, 0.2) is 0 Å². The van der Waals surface area contributed by atoms with E-state index < -0.39 is 0 Å². The van der Waals surface area contributed by atoms with Gasteiger partial charge in [0.25, 0.3) is 0 Å². The molecule has 0 fully saturated rings. The number of hydrogen-bond acceptors (Lipinski definition) is 3. The Hall–Kier alpha value is -2.40. The number of amides is 1. The van der Waals surface area contributed by atoms with Crippen LogP contribution in [-0.2, 0) is 17.8 Å². The molecule has 0 heterocycles. The van der Waals surface area contributed by atoms with Crippen molar-refractivity contribution in [3.63, 3.8) is 0 Å². The molecule has 3 N–H and O–H groups in total. The minimum absolute atomic E-state index is 0.0110. The van der Waals surface area contributed by atoms with E-state index in [2.05, 4.69) is 10.6 Å². The molecule has 128 valence electrons. The van der Waals surface area contributed by atoms with Gasteiger partial charge in [-0.25, -0.2) is 4.39 Å². The van der Waals surface area contributed by atoms with Crippen LogP contribution >= 0.6 is 0 Å². The minimum atomic E-state index is -0.229.